The van der Waals surface area contributed by atoms with Gasteiger partial charge in [0.15, 0.2) is 11.5 Å². The number of pyridine rings is 1. The Bertz CT molecular complexity index is 1770. The molecule has 0 saturated heterocycles. The number of methoxy groups -OCH3 is 2. The molecule has 190 valence electrons. The third kappa shape index (κ3) is 4.68. The van der Waals surface area contributed by atoms with Gasteiger partial charge in [0.05, 0.1) is 31.5 Å². The maximum atomic E-state index is 14.1. The molecule has 2 aromatic heterocycles. The predicted octanol–water partition coefficient (Wildman–Crippen LogP) is 4.25. The summed E-state index contributed by atoms with van der Waals surface area (Å²) in [5.74, 6) is 0.979. The molecule has 3 aromatic carbocycles. The Morgan fingerprint density at radius 2 is 1.68 bits per heavy atom. The van der Waals surface area contributed by atoms with Crippen molar-refractivity contribution in [3.63, 3.8) is 0 Å². The molecule has 0 aliphatic rings. The monoisotopic (exact) mass is 536 g/mol. The minimum absolute atomic E-state index is 0.0694. The average molecular weight is 537 g/mol. The zero-order chi connectivity index (χ0) is 26.2. The second kappa shape index (κ2) is 9.92. The Hall–Kier alpha value is -3.80. The van der Waals surface area contributed by atoms with E-state index in [-0.39, 0.29) is 18.0 Å². The summed E-state index contributed by atoms with van der Waals surface area (Å²) in [6, 6.07) is 17.8. The largest absolute Gasteiger partial charge is 0.493 e. The number of nitrogens with zero attached hydrogens (tertiary/aromatic N) is 3. The molecule has 9 nitrogen and oxygen atoms in total. The summed E-state index contributed by atoms with van der Waals surface area (Å²) in [5, 5.41) is 0.686. The lowest BCUT2D eigenvalue weighted by molar-refractivity contribution is 0.355. The van der Waals surface area contributed by atoms with Crippen molar-refractivity contribution in [3.05, 3.63) is 87.7 Å². The van der Waals surface area contributed by atoms with Crippen LogP contribution in [-0.4, -0.2) is 40.7 Å². The van der Waals surface area contributed by atoms with E-state index in [4.69, 9.17) is 9.47 Å². The van der Waals surface area contributed by atoms with Gasteiger partial charge in [0.25, 0.3) is 5.56 Å². The first-order chi connectivity index (χ1) is 17.8. The summed E-state index contributed by atoms with van der Waals surface area (Å²) < 4.78 is 48.8. The van der Waals surface area contributed by atoms with Crippen molar-refractivity contribution in [2.75, 3.05) is 14.2 Å². The average Bonchev–Trinajstić information content (AvgIpc) is 3.36. The highest BCUT2D eigenvalue weighted by Gasteiger charge is 2.30. The molecule has 0 unspecified atom stereocenters. The molecule has 0 aliphatic carbocycles. The molecule has 0 bridgehead atoms. The Kier molecular flexibility index (Phi) is 6.67. The smallest absolute Gasteiger partial charge is 0.252 e. The number of aryl methyl sites for hydroxylation is 1. The van der Waals surface area contributed by atoms with Crippen LogP contribution >= 0.6 is 11.7 Å². The van der Waals surface area contributed by atoms with Gasteiger partial charge in [-0.3, -0.25) is 4.79 Å². The highest BCUT2D eigenvalue weighted by Crippen LogP contribution is 2.32. The second-order valence-electron chi connectivity index (χ2n) is 8.52. The molecule has 11 heteroatoms. The number of hydrogen-bond acceptors (Lipinski definition) is 8. The normalized spacial score (nSPS) is 11.9. The summed E-state index contributed by atoms with van der Waals surface area (Å²) in [6.45, 7) is 1.65. The van der Waals surface area contributed by atoms with Gasteiger partial charge in [-0.15, -0.1) is 0 Å². The first-order valence-electron chi connectivity index (χ1n) is 11.4. The van der Waals surface area contributed by atoms with Gasteiger partial charge in [-0.2, -0.15) is 13.1 Å². The Labute approximate surface area is 217 Å². The summed E-state index contributed by atoms with van der Waals surface area (Å²) in [7, 11) is -1.03. The number of fused-ring (bicyclic) bond motifs is 2. The van der Waals surface area contributed by atoms with Gasteiger partial charge in [-0.1, -0.05) is 36.4 Å². The number of benzene rings is 3. The second-order valence-corrected chi connectivity index (χ2v) is 10.9. The zero-order valence-electron chi connectivity index (χ0n) is 20.4. The number of hydrogen-bond donors (Lipinski definition) is 1. The number of nitrogens with one attached hydrogen (secondary N) is 1. The van der Waals surface area contributed by atoms with Crippen LogP contribution in [0.5, 0.6) is 11.5 Å². The SMILES string of the molecule is COc1cc2cc(CN(Cc3ccccc3)S(=O)(=O)c3c(C)ccc4nsnc34)c(=O)[nH]c2cc1OC. The van der Waals surface area contributed by atoms with Crippen molar-refractivity contribution < 1.29 is 17.9 Å². The van der Waals surface area contributed by atoms with E-state index in [1.807, 2.05) is 30.3 Å². The number of aromatic nitrogens is 3. The molecule has 0 saturated carbocycles. The molecule has 5 aromatic rings. The highest BCUT2D eigenvalue weighted by atomic mass is 32.2. The summed E-state index contributed by atoms with van der Waals surface area (Å²) >= 11 is 0.962. The molecule has 0 fully saturated rings. The Balaban J connectivity index is 1.64. The van der Waals surface area contributed by atoms with Crippen molar-refractivity contribution in [2.45, 2.75) is 24.9 Å². The zero-order valence-corrected chi connectivity index (χ0v) is 22.0. The van der Waals surface area contributed by atoms with E-state index in [2.05, 4.69) is 13.7 Å². The fourth-order valence-electron chi connectivity index (χ4n) is 4.28. The maximum Gasteiger partial charge on any atom is 0.252 e. The van der Waals surface area contributed by atoms with E-state index < -0.39 is 15.6 Å². The third-order valence-electron chi connectivity index (χ3n) is 6.15. The van der Waals surface area contributed by atoms with E-state index in [1.165, 1.54) is 18.5 Å². The number of aromatic amines is 1. The third-order valence-corrected chi connectivity index (χ3v) is 8.66. The quantitative estimate of drug-likeness (QED) is 0.315. The summed E-state index contributed by atoms with van der Waals surface area (Å²) in [6.07, 6.45) is 0. The lowest BCUT2D eigenvalue weighted by atomic mass is 10.1. The van der Waals surface area contributed by atoms with E-state index in [0.717, 1.165) is 17.3 Å². The van der Waals surface area contributed by atoms with Gasteiger partial charge in [0.2, 0.25) is 10.0 Å². The fourth-order valence-corrected chi connectivity index (χ4v) is 6.64. The van der Waals surface area contributed by atoms with Gasteiger partial charge in [0, 0.05) is 30.1 Å². The molecule has 37 heavy (non-hydrogen) atoms. The lowest BCUT2D eigenvalue weighted by Gasteiger charge is -2.23. The Morgan fingerprint density at radius 1 is 0.946 bits per heavy atom. The van der Waals surface area contributed by atoms with Crippen molar-refractivity contribution in [2.24, 2.45) is 0 Å². The molecule has 1 N–H and O–H groups in total. The van der Waals surface area contributed by atoms with Crippen LogP contribution in [0.15, 0.2) is 70.4 Å². The maximum absolute atomic E-state index is 14.1. The molecule has 2 heterocycles. The van der Waals surface area contributed by atoms with E-state index >= 15 is 0 Å². The van der Waals surface area contributed by atoms with Crippen molar-refractivity contribution in [1.82, 2.24) is 18.0 Å². The van der Waals surface area contributed by atoms with Crippen LogP contribution in [0, 0.1) is 6.92 Å². The number of sulfonamides is 1. The van der Waals surface area contributed by atoms with E-state index in [9.17, 15) is 13.2 Å². The standard InChI is InChI=1S/C26H24N4O5S2/c1-16-9-10-20-24(29-36-28-20)25(16)37(32,33)30(14-17-7-5-4-6-8-17)15-19-11-18-12-22(34-2)23(35-3)13-21(18)27-26(19)31/h4-13H,14-15H2,1-3H3,(H,27,31). The van der Waals surface area contributed by atoms with Crippen molar-refractivity contribution in [1.29, 1.82) is 0 Å². The number of rotatable bonds is 8. The molecule has 0 amide bonds. The molecule has 5 rings (SSSR count). The fraction of sp³-hybridized carbons (Fsp3) is 0.192. The first kappa shape index (κ1) is 24.9. The van der Waals surface area contributed by atoms with Crippen LogP contribution in [-0.2, 0) is 23.1 Å². The van der Waals surface area contributed by atoms with Crippen LogP contribution in [0.3, 0.4) is 0 Å². The molecule has 0 aliphatic heterocycles. The van der Waals surface area contributed by atoms with Crippen molar-refractivity contribution >= 4 is 43.7 Å². The first-order valence-corrected chi connectivity index (χ1v) is 13.5. The summed E-state index contributed by atoms with van der Waals surface area (Å²) in [5.41, 5.74) is 2.64. The minimum atomic E-state index is -4.08. The lowest BCUT2D eigenvalue weighted by Crippen LogP contribution is -2.33. The molecular weight excluding hydrogens is 512 g/mol. The van der Waals surface area contributed by atoms with Crippen LogP contribution in [0.2, 0.25) is 0 Å². The van der Waals surface area contributed by atoms with E-state index in [0.29, 0.717) is 44.6 Å². The molecule has 0 radical (unpaired) electrons. The van der Waals surface area contributed by atoms with Gasteiger partial charge >= 0.3 is 0 Å². The number of ether oxygens (including phenoxy) is 2. The topological polar surface area (TPSA) is 114 Å². The molecule has 0 atom stereocenters. The number of H-pyrrole nitrogens is 1. The van der Waals surface area contributed by atoms with Crippen LogP contribution in [0.4, 0.5) is 0 Å². The van der Waals surface area contributed by atoms with Gasteiger partial charge in [0.1, 0.15) is 15.9 Å². The highest BCUT2D eigenvalue weighted by molar-refractivity contribution is 7.89. The Morgan fingerprint density at radius 3 is 2.41 bits per heavy atom. The molecular formula is C26H24N4O5S2. The van der Waals surface area contributed by atoms with E-state index in [1.54, 1.807) is 37.3 Å². The van der Waals surface area contributed by atoms with Gasteiger partial charge < -0.3 is 14.5 Å². The summed E-state index contributed by atoms with van der Waals surface area (Å²) in [4.78, 5) is 16.1. The van der Waals surface area contributed by atoms with Crippen LogP contribution < -0.4 is 15.0 Å². The van der Waals surface area contributed by atoms with Gasteiger partial charge in [-0.25, -0.2) is 8.42 Å². The predicted molar refractivity (Wildman–Crippen MR) is 143 cm³/mol. The van der Waals surface area contributed by atoms with Gasteiger partial charge in [-0.05, 0) is 36.2 Å². The van der Waals surface area contributed by atoms with Crippen LogP contribution in [0.1, 0.15) is 16.7 Å². The van der Waals surface area contributed by atoms with Crippen LogP contribution in [0.25, 0.3) is 21.9 Å². The van der Waals surface area contributed by atoms with Crippen molar-refractivity contribution in [3.8, 4) is 11.5 Å². The molecule has 0 spiro atoms. The minimum Gasteiger partial charge on any atom is -0.493 e.